The zero-order chi connectivity index (χ0) is 34.8. The maximum Gasteiger partial charge on any atom is 0.255 e. The SMILES string of the molecule is CCN(CC)c1ccc2c(c1)Oc1cc(N(CC)CC)ccc1C21c2ccccc2C(=O)N1CCOCCOCCNC(=O)CCN=[N+]=[N-]. The number of carbonyl (C=O) groups is 2. The molecule has 0 unspecified atom stereocenters. The van der Waals surface area contributed by atoms with Crippen molar-refractivity contribution in [1.29, 1.82) is 0 Å². The summed E-state index contributed by atoms with van der Waals surface area (Å²) in [7, 11) is 0. The Labute approximate surface area is 288 Å². The summed E-state index contributed by atoms with van der Waals surface area (Å²) >= 11 is 0. The minimum atomic E-state index is -0.906. The van der Waals surface area contributed by atoms with Crippen molar-refractivity contribution < 1.29 is 23.8 Å². The van der Waals surface area contributed by atoms with Gasteiger partial charge in [0, 0.05) is 97.3 Å². The molecule has 0 fully saturated rings. The number of nitrogens with one attached hydrogen (secondary N) is 1. The van der Waals surface area contributed by atoms with E-state index >= 15 is 0 Å². The van der Waals surface area contributed by atoms with Crippen molar-refractivity contribution in [3.8, 4) is 11.5 Å². The lowest BCUT2D eigenvalue weighted by Gasteiger charge is -2.44. The van der Waals surface area contributed by atoms with E-state index in [0.29, 0.717) is 45.1 Å². The molecule has 12 nitrogen and oxygen atoms in total. The van der Waals surface area contributed by atoms with Crippen molar-refractivity contribution in [2.75, 3.05) is 82.0 Å². The summed E-state index contributed by atoms with van der Waals surface area (Å²) in [5, 5.41) is 6.09. The summed E-state index contributed by atoms with van der Waals surface area (Å²) in [5.74, 6) is 1.23. The Morgan fingerprint density at radius 3 is 2.04 bits per heavy atom. The van der Waals surface area contributed by atoms with E-state index in [1.54, 1.807) is 0 Å². The molecule has 0 aliphatic carbocycles. The Hall–Kier alpha value is -4.77. The highest BCUT2D eigenvalue weighted by molar-refractivity contribution is 6.02. The van der Waals surface area contributed by atoms with Gasteiger partial charge in [-0.1, -0.05) is 35.4 Å². The number of rotatable bonds is 18. The molecular weight excluding hydrogens is 622 g/mol. The van der Waals surface area contributed by atoms with Gasteiger partial charge < -0.3 is 34.2 Å². The van der Waals surface area contributed by atoms with Crippen LogP contribution in [-0.4, -0.2) is 89.0 Å². The number of hydrogen-bond acceptors (Lipinski definition) is 8. The van der Waals surface area contributed by atoms with Gasteiger partial charge in [0.2, 0.25) is 5.91 Å². The van der Waals surface area contributed by atoms with E-state index in [9.17, 15) is 9.59 Å². The van der Waals surface area contributed by atoms with Crippen LogP contribution in [0.2, 0.25) is 0 Å². The Morgan fingerprint density at radius 1 is 0.857 bits per heavy atom. The zero-order valence-corrected chi connectivity index (χ0v) is 29.0. The van der Waals surface area contributed by atoms with Gasteiger partial charge in [-0.25, -0.2) is 0 Å². The summed E-state index contributed by atoms with van der Waals surface area (Å²) in [6.45, 7) is 14.2. The number of amides is 2. The third kappa shape index (κ3) is 7.17. The van der Waals surface area contributed by atoms with Gasteiger partial charge in [-0.05, 0) is 57.0 Å². The zero-order valence-electron chi connectivity index (χ0n) is 29.0. The molecule has 1 spiro atoms. The van der Waals surface area contributed by atoms with Gasteiger partial charge in [0.15, 0.2) is 0 Å². The number of anilines is 2. The van der Waals surface area contributed by atoms with Crippen molar-refractivity contribution in [2.24, 2.45) is 5.11 Å². The van der Waals surface area contributed by atoms with Crippen LogP contribution < -0.4 is 19.9 Å². The quantitative estimate of drug-likeness (QED) is 0.0751. The van der Waals surface area contributed by atoms with E-state index < -0.39 is 5.54 Å². The molecule has 0 saturated heterocycles. The predicted molar refractivity (Wildman–Crippen MR) is 191 cm³/mol. The first-order chi connectivity index (χ1) is 23.9. The van der Waals surface area contributed by atoms with Crippen molar-refractivity contribution in [2.45, 2.75) is 39.7 Å². The lowest BCUT2D eigenvalue weighted by Crippen LogP contribution is -2.48. The molecule has 3 aromatic carbocycles. The minimum absolute atomic E-state index is 0.0499. The lowest BCUT2D eigenvalue weighted by atomic mass is 9.74. The fourth-order valence-electron chi connectivity index (χ4n) is 6.93. The molecule has 1 N–H and O–H groups in total. The normalized spacial score (nSPS) is 13.6. The van der Waals surface area contributed by atoms with Crippen LogP contribution in [0.25, 0.3) is 10.4 Å². The first kappa shape index (κ1) is 35.5. The Balaban J connectivity index is 1.40. The smallest absolute Gasteiger partial charge is 0.255 e. The Morgan fingerprint density at radius 2 is 1.45 bits per heavy atom. The van der Waals surface area contributed by atoms with E-state index in [1.807, 2.05) is 23.1 Å². The number of hydrogen-bond donors (Lipinski definition) is 1. The summed E-state index contributed by atoms with van der Waals surface area (Å²) in [4.78, 5) is 35.2. The van der Waals surface area contributed by atoms with Gasteiger partial charge in [-0.3, -0.25) is 9.59 Å². The van der Waals surface area contributed by atoms with Gasteiger partial charge in [0.25, 0.3) is 5.91 Å². The second kappa shape index (κ2) is 16.6. The van der Waals surface area contributed by atoms with E-state index in [1.165, 1.54) is 0 Å². The number of benzene rings is 3. The minimum Gasteiger partial charge on any atom is -0.456 e. The molecule has 2 aliphatic heterocycles. The second-order valence-electron chi connectivity index (χ2n) is 11.8. The van der Waals surface area contributed by atoms with Crippen LogP contribution in [0.1, 0.15) is 61.2 Å². The number of nitrogens with zero attached hydrogens (tertiary/aromatic N) is 6. The van der Waals surface area contributed by atoms with Crippen molar-refractivity contribution in [1.82, 2.24) is 10.2 Å². The molecule has 12 heteroatoms. The van der Waals surface area contributed by atoms with E-state index in [-0.39, 0.29) is 24.8 Å². The van der Waals surface area contributed by atoms with Gasteiger partial charge in [0.05, 0.1) is 26.4 Å². The molecule has 5 rings (SSSR count). The molecule has 2 heterocycles. The molecule has 0 saturated carbocycles. The number of ether oxygens (including phenoxy) is 3. The highest BCUT2D eigenvalue weighted by Crippen LogP contribution is 2.58. The number of azide groups is 1. The van der Waals surface area contributed by atoms with Crippen molar-refractivity contribution in [3.63, 3.8) is 0 Å². The summed E-state index contributed by atoms with van der Waals surface area (Å²) in [5.41, 5.74) is 13.0. The predicted octanol–water partition coefficient (Wildman–Crippen LogP) is 6.08. The molecule has 0 radical (unpaired) electrons. The van der Waals surface area contributed by atoms with Crippen LogP contribution in [0, 0.1) is 0 Å². The van der Waals surface area contributed by atoms with Gasteiger partial charge in [-0.15, -0.1) is 0 Å². The average molecular weight is 670 g/mol. The fraction of sp³-hybridized carbons (Fsp3) is 0.459. The van der Waals surface area contributed by atoms with Crippen LogP contribution in [0.3, 0.4) is 0 Å². The monoisotopic (exact) mass is 669 g/mol. The van der Waals surface area contributed by atoms with Crippen molar-refractivity contribution >= 4 is 23.2 Å². The molecule has 2 aliphatic rings. The molecule has 3 aromatic rings. The molecule has 49 heavy (non-hydrogen) atoms. The molecule has 0 atom stereocenters. The fourth-order valence-corrected chi connectivity index (χ4v) is 6.93. The van der Waals surface area contributed by atoms with Crippen LogP contribution in [0.4, 0.5) is 11.4 Å². The third-order valence-electron chi connectivity index (χ3n) is 9.29. The molecule has 0 bridgehead atoms. The maximum atomic E-state index is 14.3. The van der Waals surface area contributed by atoms with Gasteiger partial charge in [-0.2, -0.15) is 0 Å². The van der Waals surface area contributed by atoms with Gasteiger partial charge in [0.1, 0.15) is 17.0 Å². The molecule has 260 valence electrons. The number of carbonyl (C=O) groups excluding carboxylic acids is 2. The first-order valence-corrected chi connectivity index (χ1v) is 17.3. The maximum absolute atomic E-state index is 14.3. The molecule has 0 aromatic heterocycles. The summed E-state index contributed by atoms with van der Waals surface area (Å²) < 4.78 is 18.4. The van der Waals surface area contributed by atoms with Crippen LogP contribution in [0.15, 0.2) is 65.8 Å². The molecule has 2 amide bonds. The average Bonchev–Trinajstić information content (AvgIpc) is 3.36. The third-order valence-corrected chi connectivity index (χ3v) is 9.29. The number of fused-ring (bicyclic) bond motifs is 6. The highest BCUT2D eigenvalue weighted by Gasteiger charge is 2.56. The largest absolute Gasteiger partial charge is 0.456 e. The highest BCUT2D eigenvalue weighted by atomic mass is 16.5. The summed E-state index contributed by atoms with van der Waals surface area (Å²) in [6, 6.07) is 20.6. The topological polar surface area (TPSA) is 132 Å². The van der Waals surface area contributed by atoms with E-state index in [0.717, 1.165) is 65.7 Å². The lowest BCUT2D eigenvalue weighted by molar-refractivity contribution is -0.121. The second-order valence-corrected chi connectivity index (χ2v) is 11.8. The van der Waals surface area contributed by atoms with Crippen LogP contribution in [0.5, 0.6) is 11.5 Å². The standard InChI is InChI=1S/C37H47N7O5/c1-5-42(6-2)27-13-15-31-33(25-27)49-34-26-28(43(7-3)8-4)14-16-32(34)37(31)30-12-10-9-11-29(30)36(46)44(37)20-22-48-24-23-47-21-19-39-35(45)17-18-40-41-38/h9-16,25-26H,5-8,17-24H2,1-4H3,(H,39,45). The van der Waals surface area contributed by atoms with E-state index in [2.05, 4.69) is 95.3 Å². The molecular formula is C37H47N7O5. The van der Waals surface area contributed by atoms with Crippen molar-refractivity contribution in [3.05, 3.63) is 93.4 Å². The van der Waals surface area contributed by atoms with Crippen LogP contribution >= 0.6 is 0 Å². The van der Waals surface area contributed by atoms with Crippen LogP contribution in [-0.2, 0) is 19.8 Å². The first-order valence-electron chi connectivity index (χ1n) is 17.3. The Bertz CT molecular complexity index is 1610. The Kier molecular flexibility index (Phi) is 12.0. The van der Waals surface area contributed by atoms with Gasteiger partial charge >= 0.3 is 0 Å². The summed E-state index contributed by atoms with van der Waals surface area (Å²) in [6.07, 6.45) is 0.142. The van der Waals surface area contributed by atoms with E-state index in [4.69, 9.17) is 19.7 Å².